The predicted octanol–water partition coefficient (Wildman–Crippen LogP) is 1.65. The zero-order valence-corrected chi connectivity index (χ0v) is 10.0. The largest absolute Gasteiger partial charge is 0.489 e. The van der Waals surface area contributed by atoms with Crippen molar-refractivity contribution < 1.29 is 10.0 Å². The molecule has 0 fully saturated rings. The molecule has 0 radical (unpaired) electrons. The van der Waals surface area contributed by atoms with E-state index in [1.54, 1.807) is 6.07 Å². The molecule has 2 rings (SSSR count). The van der Waals surface area contributed by atoms with Crippen LogP contribution in [0.3, 0.4) is 0 Å². The summed E-state index contributed by atoms with van der Waals surface area (Å²) in [4.78, 5) is 0. The van der Waals surface area contributed by atoms with E-state index in [1.807, 2.05) is 44.2 Å². The van der Waals surface area contributed by atoms with Crippen LogP contribution in [-0.4, -0.2) is 17.2 Å². The lowest BCUT2D eigenvalue weighted by Gasteiger charge is -2.12. The van der Waals surface area contributed by atoms with Crippen LogP contribution in [0.5, 0.6) is 0 Å². The lowest BCUT2D eigenvalue weighted by Crippen LogP contribution is -2.31. The molecule has 0 aliphatic rings. The second kappa shape index (κ2) is 4.74. The molecule has 2 aromatic rings. The van der Waals surface area contributed by atoms with Gasteiger partial charge in [-0.25, -0.2) is 0 Å². The van der Waals surface area contributed by atoms with E-state index in [-0.39, 0.29) is 0 Å². The Bertz CT molecular complexity index is 535. The molecule has 0 heterocycles. The summed E-state index contributed by atoms with van der Waals surface area (Å²) in [5, 5.41) is 18.7. The first-order valence-corrected chi connectivity index (χ1v) is 5.62. The minimum absolute atomic E-state index is 0.541. The molecule has 0 atom stereocenters. The highest BCUT2D eigenvalue weighted by atomic mass is 16.4. The van der Waals surface area contributed by atoms with Gasteiger partial charge in [0.15, 0.2) is 0 Å². The number of benzene rings is 2. The Hall–Kier alpha value is -1.58. The van der Waals surface area contributed by atoms with Crippen LogP contribution in [0.1, 0.15) is 11.1 Å². The van der Waals surface area contributed by atoms with Gasteiger partial charge in [0.25, 0.3) is 0 Å². The lowest BCUT2D eigenvalue weighted by molar-refractivity contribution is 0.426. The molecule has 2 N–H and O–H groups in total. The quantitative estimate of drug-likeness (QED) is 0.764. The zero-order valence-electron chi connectivity index (χ0n) is 10.0. The van der Waals surface area contributed by atoms with Gasteiger partial charge in [0.1, 0.15) is 0 Å². The lowest BCUT2D eigenvalue weighted by atomic mass is 9.75. The van der Waals surface area contributed by atoms with Gasteiger partial charge in [0.05, 0.1) is 0 Å². The van der Waals surface area contributed by atoms with Crippen LogP contribution in [0.4, 0.5) is 0 Å². The Morgan fingerprint density at radius 2 is 1.59 bits per heavy atom. The molecule has 17 heavy (non-hydrogen) atoms. The SMILES string of the molecule is Cc1ccc(-c2ccccc2B(O)O)c(C)c1. The molecule has 0 bridgehead atoms. The number of aryl methyl sites for hydroxylation is 2. The Balaban J connectivity index is 2.60. The highest BCUT2D eigenvalue weighted by molar-refractivity contribution is 6.60. The third-order valence-electron chi connectivity index (χ3n) is 2.91. The summed E-state index contributed by atoms with van der Waals surface area (Å²) < 4.78 is 0. The fourth-order valence-corrected chi connectivity index (χ4v) is 2.08. The summed E-state index contributed by atoms with van der Waals surface area (Å²) in [6.07, 6.45) is 0. The topological polar surface area (TPSA) is 40.5 Å². The van der Waals surface area contributed by atoms with Gasteiger partial charge in [-0.2, -0.15) is 0 Å². The summed E-state index contributed by atoms with van der Waals surface area (Å²) in [7, 11) is -1.44. The van der Waals surface area contributed by atoms with E-state index in [4.69, 9.17) is 0 Å². The summed E-state index contributed by atoms with van der Waals surface area (Å²) >= 11 is 0. The highest BCUT2D eigenvalue weighted by Crippen LogP contribution is 2.22. The highest BCUT2D eigenvalue weighted by Gasteiger charge is 2.16. The predicted molar refractivity (Wildman–Crippen MR) is 71.2 cm³/mol. The molecule has 86 valence electrons. The van der Waals surface area contributed by atoms with Crippen molar-refractivity contribution >= 4 is 12.6 Å². The minimum atomic E-state index is -1.44. The first-order chi connectivity index (χ1) is 8.09. The maximum atomic E-state index is 9.37. The van der Waals surface area contributed by atoms with Gasteiger partial charge in [-0.1, -0.05) is 48.0 Å². The standard InChI is InChI=1S/C14H15BO2/c1-10-7-8-12(11(2)9-10)13-5-3-4-6-14(13)15(16)17/h3-9,16-17H,1-2H3. The van der Waals surface area contributed by atoms with E-state index in [0.717, 1.165) is 16.7 Å². The van der Waals surface area contributed by atoms with Gasteiger partial charge in [0.2, 0.25) is 0 Å². The molecule has 0 amide bonds. The second-order valence-electron chi connectivity index (χ2n) is 4.28. The average Bonchev–Trinajstić information content (AvgIpc) is 2.29. The van der Waals surface area contributed by atoms with Crippen molar-refractivity contribution in [2.24, 2.45) is 0 Å². The first kappa shape index (κ1) is 11.9. The van der Waals surface area contributed by atoms with Crippen molar-refractivity contribution in [3.8, 4) is 11.1 Å². The van der Waals surface area contributed by atoms with Gasteiger partial charge in [-0.05, 0) is 36.0 Å². The van der Waals surface area contributed by atoms with Crippen LogP contribution in [0.15, 0.2) is 42.5 Å². The molecular weight excluding hydrogens is 211 g/mol. The molecule has 0 saturated heterocycles. The third-order valence-corrected chi connectivity index (χ3v) is 2.91. The third kappa shape index (κ3) is 2.41. The molecular formula is C14H15BO2. The van der Waals surface area contributed by atoms with Gasteiger partial charge in [-0.15, -0.1) is 0 Å². The van der Waals surface area contributed by atoms with Crippen LogP contribution in [0.25, 0.3) is 11.1 Å². The maximum Gasteiger partial charge on any atom is 0.489 e. The summed E-state index contributed by atoms with van der Waals surface area (Å²) in [5.74, 6) is 0. The van der Waals surface area contributed by atoms with E-state index in [0.29, 0.717) is 5.46 Å². The van der Waals surface area contributed by atoms with Crippen LogP contribution in [0, 0.1) is 13.8 Å². The molecule has 0 aliphatic carbocycles. The van der Waals surface area contributed by atoms with Crippen LogP contribution < -0.4 is 5.46 Å². The number of hydrogen-bond acceptors (Lipinski definition) is 2. The van der Waals surface area contributed by atoms with Crippen LogP contribution >= 0.6 is 0 Å². The van der Waals surface area contributed by atoms with Crippen molar-refractivity contribution in [1.29, 1.82) is 0 Å². The molecule has 0 aliphatic heterocycles. The Morgan fingerprint density at radius 1 is 0.882 bits per heavy atom. The second-order valence-corrected chi connectivity index (χ2v) is 4.28. The number of hydrogen-bond donors (Lipinski definition) is 2. The summed E-state index contributed by atoms with van der Waals surface area (Å²) in [6, 6.07) is 13.5. The van der Waals surface area contributed by atoms with E-state index in [2.05, 4.69) is 6.07 Å². The van der Waals surface area contributed by atoms with E-state index >= 15 is 0 Å². The van der Waals surface area contributed by atoms with Crippen molar-refractivity contribution in [3.63, 3.8) is 0 Å². The smallest absolute Gasteiger partial charge is 0.423 e. The molecule has 3 heteroatoms. The van der Waals surface area contributed by atoms with Crippen molar-refractivity contribution in [3.05, 3.63) is 53.6 Å². The van der Waals surface area contributed by atoms with Crippen LogP contribution in [0.2, 0.25) is 0 Å². The van der Waals surface area contributed by atoms with Gasteiger partial charge >= 0.3 is 7.12 Å². The van der Waals surface area contributed by atoms with E-state index in [9.17, 15) is 10.0 Å². The first-order valence-electron chi connectivity index (χ1n) is 5.62. The Labute approximate surface area is 102 Å². The minimum Gasteiger partial charge on any atom is -0.423 e. The van der Waals surface area contributed by atoms with Crippen molar-refractivity contribution in [1.82, 2.24) is 0 Å². The van der Waals surface area contributed by atoms with Gasteiger partial charge in [0, 0.05) is 0 Å². The Morgan fingerprint density at radius 3 is 2.24 bits per heavy atom. The van der Waals surface area contributed by atoms with Gasteiger partial charge < -0.3 is 10.0 Å². The van der Waals surface area contributed by atoms with E-state index in [1.165, 1.54) is 5.56 Å². The van der Waals surface area contributed by atoms with Gasteiger partial charge in [-0.3, -0.25) is 0 Å². The molecule has 0 aromatic heterocycles. The normalized spacial score (nSPS) is 10.4. The van der Waals surface area contributed by atoms with E-state index < -0.39 is 7.12 Å². The molecule has 0 unspecified atom stereocenters. The summed E-state index contributed by atoms with van der Waals surface area (Å²) in [5.41, 5.74) is 4.80. The molecule has 2 nitrogen and oxygen atoms in total. The zero-order chi connectivity index (χ0) is 12.4. The van der Waals surface area contributed by atoms with Crippen molar-refractivity contribution in [2.75, 3.05) is 0 Å². The summed E-state index contributed by atoms with van der Waals surface area (Å²) in [6.45, 7) is 4.08. The van der Waals surface area contributed by atoms with Crippen LogP contribution in [-0.2, 0) is 0 Å². The fraction of sp³-hybridized carbons (Fsp3) is 0.143. The monoisotopic (exact) mass is 226 g/mol. The Kier molecular flexibility index (Phi) is 3.32. The van der Waals surface area contributed by atoms with Crippen molar-refractivity contribution in [2.45, 2.75) is 13.8 Å². The number of rotatable bonds is 2. The average molecular weight is 226 g/mol. The fourth-order valence-electron chi connectivity index (χ4n) is 2.08. The molecule has 0 spiro atoms. The maximum absolute atomic E-state index is 9.37. The molecule has 0 saturated carbocycles. The molecule has 2 aromatic carbocycles.